The number of imidazole rings is 1. The van der Waals surface area contributed by atoms with Gasteiger partial charge in [0.2, 0.25) is 0 Å². The fourth-order valence-electron chi connectivity index (χ4n) is 2.20. The second-order valence-electron chi connectivity index (χ2n) is 5.09. The van der Waals surface area contributed by atoms with E-state index in [2.05, 4.69) is 4.98 Å². The summed E-state index contributed by atoms with van der Waals surface area (Å²) in [6, 6.07) is 9.11. The summed E-state index contributed by atoms with van der Waals surface area (Å²) < 4.78 is 51.9. The molecule has 0 unspecified atom stereocenters. The molecule has 2 N–H and O–H groups in total. The van der Waals surface area contributed by atoms with Crippen molar-refractivity contribution in [1.82, 2.24) is 19.8 Å². The number of para-hydroxylation sites is 2. The van der Waals surface area contributed by atoms with Gasteiger partial charge in [0.05, 0.1) is 17.4 Å². The maximum Gasteiger partial charge on any atom is 0.260 e. The lowest BCUT2D eigenvalue weighted by atomic mass is 10.3. The minimum absolute atomic E-state index is 0.199. The third-order valence-electron chi connectivity index (χ3n) is 3.35. The van der Waals surface area contributed by atoms with E-state index in [1.807, 2.05) is 5.43 Å². The third-order valence-corrected chi connectivity index (χ3v) is 4.63. The first-order valence-electron chi connectivity index (χ1n) is 7.02. The first kappa shape index (κ1) is 17.0. The van der Waals surface area contributed by atoms with E-state index in [0.717, 1.165) is 12.1 Å². The van der Waals surface area contributed by atoms with Crippen molar-refractivity contribution in [2.45, 2.75) is 11.4 Å². The normalized spacial score (nSPS) is 11.6. The summed E-state index contributed by atoms with van der Waals surface area (Å²) in [5, 5.41) is 0. The largest absolute Gasteiger partial charge is 0.321 e. The topological polar surface area (TPSA) is 93.1 Å². The van der Waals surface area contributed by atoms with E-state index in [4.69, 9.17) is 0 Å². The van der Waals surface area contributed by atoms with Gasteiger partial charge < -0.3 is 4.57 Å². The van der Waals surface area contributed by atoms with Gasteiger partial charge in [-0.15, -0.1) is 4.83 Å². The van der Waals surface area contributed by atoms with Crippen LogP contribution in [0.1, 0.15) is 0 Å². The first-order valence-corrected chi connectivity index (χ1v) is 8.51. The zero-order chi connectivity index (χ0) is 18.0. The van der Waals surface area contributed by atoms with Crippen molar-refractivity contribution in [3.63, 3.8) is 0 Å². The highest BCUT2D eigenvalue weighted by Gasteiger charge is 2.20. The Balaban J connectivity index is 1.69. The molecule has 0 radical (unpaired) electrons. The van der Waals surface area contributed by atoms with Crippen LogP contribution < -0.4 is 10.3 Å². The number of aromatic nitrogens is 2. The molecule has 10 heteroatoms. The van der Waals surface area contributed by atoms with Crippen LogP contribution in [0.2, 0.25) is 0 Å². The number of nitrogens with one attached hydrogen (secondary N) is 2. The number of fused-ring (bicyclic) bond motifs is 1. The average Bonchev–Trinajstić information content (AvgIpc) is 2.96. The summed E-state index contributed by atoms with van der Waals surface area (Å²) in [5.41, 5.74) is 3.36. The number of amides is 1. The number of hydrogen-bond acceptors (Lipinski definition) is 4. The van der Waals surface area contributed by atoms with Gasteiger partial charge in [0.25, 0.3) is 15.9 Å². The van der Waals surface area contributed by atoms with E-state index < -0.39 is 32.5 Å². The van der Waals surface area contributed by atoms with Crippen molar-refractivity contribution in [2.24, 2.45) is 0 Å². The molecule has 0 bridgehead atoms. The Kier molecular flexibility index (Phi) is 4.47. The van der Waals surface area contributed by atoms with Crippen LogP contribution in [0.15, 0.2) is 53.7 Å². The van der Waals surface area contributed by atoms with E-state index in [1.165, 1.54) is 10.9 Å². The fourth-order valence-corrected chi connectivity index (χ4v) is 3.12. The standard InChI is InChI=1S/C15H12F2N4O3S/c16-10-5-6-14(11(17)7-10)25(23,24)20-19-15(22)8-21-9-18-12-3-1-2-4-13(12)21/h1-7,9,20H,8H2,(H,19,22). The van der Waals surface area contributed by atoms with Crippen LogP contribution in [0.3, 0.4) is 0 Å². The smallest absolute Gasteiger partial charge is 0.260 e. The minimum Gasteiger partial charge on any atom is -0.321 e. The second kappa shape index (κ2) is 6.57. The molecule has 1 aromatic heterocycles. The predicted octanol–water partition coefficient (Wildman–Crippen LogP) is 1.32. The quantitative estimate of drug-likeness (QED) is 0.666. The lowest BCUT2D eigenvalue weighted by molar-refractivity contribution is -0.122. The fraction of sp³-hybridized carbons (Fsp3) is 0.0667. The Labute approximate surface area is 141 Å². The van der Waals surface area contributed by atoms with Gasteiger partial charge in [-0.1, -0.05) is 12.1 Å². The van der Waals surface area contributed by atoms with E-state index in [1.54, 1.807) is 29.1 Å². The van der Waals surface area contributed by atoms with Crippen LogP contribution in [0.4, 0.5) is 8.78 Å². The number of nitrogens with zero attached hydrogens (tertiary/aromatic N) is 2. The monoisotopic (exact) mass is 366 g/mol. The van der Waals surface area contributed by atoms with E-state index in [0.29, 0.717) is 17.1 Å². The van der Waals surface area contributed by atoms with Crippen LogP contribution in [0, 0.1) is 11.6 Å². The van der Waals surface area contributed by atoms with Crippen LogP contribution >= 0.6 is 0 Å². The highest BCUT2D eigenvalue weighted by atomic mass is 32.2. The highest BCUT2D eigenvalue weighted by molar-refractivity contribution is 7.89. The number of carbonyl (C=O) groups excluding carboxylic acids is 1. The summed E-state index contributed by atoms with van der Waals surface area (Å²) >= 11 is 0. The molecular weight excluding hydrogens is 354 g/mol. The molecule has 3 aromatic rings. The first-order chi connectivity index (χ1) is 11.9. The van der Waals surface area contributed by atoms with Crippen molar-refractivity contribution >= 4 is 27.0 Å². The van der Waals surface area contributed by atoms with Crippen LogP contribution in [-0.4, -0.2) is 23.9 Å². The number of halogens is 2. The lowest BCUT2D eigenvalue weighted by Gasteiger charge is -2.10. The molecule has 0 aliphatic heterocycles. The Morgan fingerprint density at radius 2 is 1.92 bits per heavy atom. The van der Waals surface area contributed by atoms with E-state index in [-0.39, 0.29) is 6.54 Å². The molecule has 7 nitrogen and oxygen atoms in total. The molecule has 0 atom stereocenters. The van der Waals surface area contributed by atoms with Gasteiger partial charge in [-0.25, -0.2) is 22.2 Å². The van der Waals surface area contributed by atoms with Gasteiger partial charge in [0, 0.05) is 6.07 Å². The molecule has 0 aliphatic carbocycles. The highest BCUT2D eigenvalue weighted by Crippen LogP contribution is 2.15. The van der Waals surface area contributed by atoms with Gasteiger partial charge in [0.15, 0.2) is 0 Å². The maximum atomic E-state index is 13.6. The van der Waals surface area contributed by atoms with E-state index >= 15 is 0 Å². The Morgan fingerprint density at radius 1 is 1.16 bits per heavy atom. The number of benzene rings is 2. The van der Waals surface area contributed by atoms with Gasteiger partial charge in [-0.05, 0) is 24.3 Å². The molecule has 130 valence electrons. The summed E-state index contributed by atoms with van der Waals surface area (Å²) in [6.07, 6.45) is 1.44. The number of rotatable bonds is 5. The molecular formula is C15H12F2N4O3S. The van der Waals surface area contributed by atoms with Crippen molar-refractivity contribution in [3.05, 3.63) is 60.4 Å². The summed E-state index contributed by atoms with van der Waals surface area (Å²) in [5.74, 6) is -2.86. The second-order valence-corrected chi connectivity index (χ2v) is 6.74. The van der Waals surface area contributed by atoms with Gasteiger partial charge in [-0.3, -0.25) is 10.2 Å². The zero-order valence-electron chi connectivity index (χ0n) is 12.6. The van der Waals surface area contributed by atoms with Gasteiger partial charge >= 0.3 is 0 Å². The van der Waals surface area contributed by atoms with Crippen molar-refractivity contribution < 1.29 is 22.0 Å². The molecule has 0 spiro atoms. The third kappa shape index (κ3) is 3.64. The number of sulfonamides is 1. The molecule has 1 amide bonds. The number of carbonyl (C=O) groups is 1. The predicted molar refractivity (Wildman–Crippen MR) is 84.6 cm³/mol. The number of hydrogen-bond donors (Lipinski definition) is 2. The van der Waals surface area contributed by atoms with Gasteiger partial charge in [-0.2, -0.15) is 0 Å². The molecule has 0 fully saturated rings. The van der Waals surface area contributed by atoms with Crippen molar-refractivity contribution in [2.75, 3.05) is 0 Å². The molecule has 3 rings (SSSR count). The lowest BCUT2D eigenvalue weighted by Crippen LogP contribution is -2.43. The molecule has 0 aliphatic rings. The molecule has 0 saturated heterocycles. The van der Waals surface area contributed by atoms with Crippen LogP contribution in [0.25, 0.3) is 11.0 Å². The molecule has 0 saturated carbocycles. The summed E-state index contributed by atoms with van der Waals surface area (Å²) in [4.78, 5) is 17.0. The van der Waals surface area contributed by atoms with Crippen LogP contribution in [0.5, 0.6) is 0 Å². The maximum absolute atomic E-state index is 13.6. The summed E-state index contributed by atoms with van der Waals surface area (Å²) in [7, 11) is -4.37. The molecule has 1 heterocycles. The van der Waals surface area contributed by atoms with Crippen LogP contribution in [-0.2, 0) is 21.4 Å². The van der Waals surface area contributed by atoms with E-state index in [9.17, 15) is 22.0 Å². The zero-order valence-corrected chi connectivity index (χ0v) is 13.4. The minimum atomic E-state index is -4.37. The average molecular weight is 366 g/mol. The van der Waals surface area contributed by atoms with Crippen molar-refractivity contribution in [1.29, 1.82) is 0 Å². The Hall–Kier alpha value is -2.85. The Bertz CT molecular complexity index is 1050. The number of hydrazine groups is 1. The Morgan fingerprint density at radius 3 is 2.68 bits per heavy atom. The molecule has 2 aromatic carbocycles. The van der Waals surface area contributed by atoms with Gasteiger partial charge in [0.1, 0.15) is 23.1 Å². The van der Waals surface area contributed by atoms with Crippen molar-refractivity contribution in [3.8, 4) is 0 Å². The SMILES string of the molecule is O=C(Cn1cnc2ccccc21)NNS(=O)(=O)c1ccc(F)cc1F. The summed E-state index contributed by atoms with van der Waals surface area (Å²) in [6.45, 7) is -0.199. The molecule has 25 heavy (non-hydrogen) atoms.